The molecule has 5 nitrogen and oxygen atoms in total. The number of rotatable bonds is 6. The average Bonchev–Trinajstić information content (AvgIpc) is 2.40. The van der Waals surface area contributed by atoms with Gasteiger partial charge < -0.3 is 18.0 Å². The summed E-state index contributed by atoms with van der Waals surface area (Å²) in [7, 11) is 3.49. The van der Waals surface area contributed by atoms with E-state index in [2.05, 4.69) is 4.99 Å². The van der Waals surface area contributed by atoms with Crippen LogP contribution in [0.25, 0.3) is 0 Å². The van der Waals surface area contributed by atoms with Gasteiger partial charge in [0.15, 0.2) is 6.40 Å². The highest BCUT2D eigenvalue weighted by molar-refractivity contribution is 6.75. The molecule has 17 heavy (non-hydrogen) atoms. The lowest BCUT2D eigenvalue weighted by Crippen LogP contribution is -2.54. The van der Waals surface area contributed by atoms with Crippen molar-refractivity contribution >= 4 is 26.1 Å². The average molecular weight is 255 g/mol. The van der Waals surface area contributed by atoms with Crippen LogP contribution in [0.5, 0.6) is 0 Å². The maximum absolute atomic E-state index is 5.39. The molecule has 0 aromatic heterocycles. The zero-order valence-electron chi connectivity index (χ0n) is 10.5. The van der Waals surface area contributed by atoms with Crippen LogP contribution >= 0.6 is 0 Å². The Kier molecular flexibility index (Phi) is 5.30. The Morgan fingerprint density at radius 1 is 1.06 bits per heavy atom. The van der Waals surface area contributed by atoms with Crippen LogP contribution in [0.4, 0.5) is 5.69 Å². The molecule has 6 heteroatoms. The van der Waals surface area contributed by atoms with Gasteiger partial charge in [0.05, 0.1) is 12.8 Å². The van der Waals surface area contributed by atoms with Gasteiger partial charge in [0.2, 0.25) is 0 Å². The van der Waals surface area contributed by atoms with Gasteiger partial charge in [-0.3, -0.25) is 0 Å². The monoisotopic (exact) mass is 255 g/mol. The SMILES string of the molecule is COC=Nc1cccc([Si](OC)(OC)OC)c1. The van der Waals surface area contributed by atoms with Gasteiger partial charge in [0.1, 0.15) is 0 Å². The second-order valence-electron chi connectivity index (χ2n) is 3.19. The van der Waals surface area contributed by atoms with Crippen molar-refractivity contribution in [1.29, 1.82) is 0 Å². The predicted octanol–water partition coefficient (Wildman–Crippen LogP) is 1.08. The number of methoxy groups -OCH3 is 1. The molecule has 0 heterocycles. The largest absolute Gasteiger partial charge is 0.536 e. The van der Waals surface area contributed by atoms with Crippen molar-refractivity contribution in [3.05, 3.63) is 24.3 Å². The minimum atomic E-state index is -2.78. The molecule has 0 radical (unpaired) electrons. The molecule has 0 bridgehead atoms. The first-order valence-electron chi connectivity index (χ1n) is 5.03. The lowest BCUT2D eigenvalue weighted by atomic mass is 10.3. The molecular weight excluding hydrogens is 238 g/mol. The van der Waals surface area contributed by atoms with Crippen molar-refractivity contribution in [2.45, 2.75) is 0 Å². The van der Waals surface area contributed by atoms with Crippen LogP contribution in [0.2, 0.25) is 0 Å². The molecule has 0 fully saturated rings. The van der Waals surface area contributed by atoms with Crippen LogP contribution in [0, 0.1) is 0 Å². The minimum Gasteiger partial charge on any atom is -0.486 e. The molecule has 1 aromatic rings. The van der Waals surface area contributed by atoms with Gasteiger partial charge in [-0.05, 0) is 12.1 Å². The smallest absolute Gasteiger partial charge is 0.486 e. The third-order valence-corrected chi connectivity index (χ3v) is 4.94. The van der Waals surface area contributed by atoms with Crippen LogP contribution in [0.1, 0.15) is 0 Å². The quantitative estimate of drug-likeness (QED) is 0.433. The van der Waals surface area contributed by atoms with Crippen LogP contribution < -0.4 is 5.19 Å². The highest BCUT2D eigenvalue weighted by atomic mass is 28.4. The van der Waals surface area contributed by atoms with Gasteiger partial charge in [-0.1, -0.05) is 12.1 Å². The van der Waals surface area contributed by atoms with Gasteiger partial charge in [-0.2, -0.15) is 0 Å². The Labute approximate surface area is 102 Å². The summed E-state index contributed by atoms with van der Waals surface area (Å²) in [5.74, 6) is 0. The molecule has 0 saturated heterocycles. The molecular formula is C11H17NO4Si. The first-order chi connectivity index (χ1) is 8.22. The van der Waals surface area contributed by atoms with Crippen molar-refractivity contribution in [2.24, 2.45) is 4.99 Å². The van der Waals surface area contributed by atoms with Crippen LogP contribution in [-0.2, 0) is 18.0 Å². The van der Waals surface area contributed by atoms with Gasteiger partial charge in [-0.25, -0.2) is 4.99 Å². The topological polar surface area (TPSA) is 49.3 Å². The molecule has 0 N–H and O–H groups in total. The first-order valence-corrected chi connectivity index (χ1v) is 6.76. The zero-order chi connectivity index (χ0) is 12.7. The maximum atomic E-state index is 5.39. The van der Waals surface area contributed by atoms with E-state index < -0.39 is 8.80 Å². The Morgan fingerprint density at radius 2 is 1.71 bits per heavy atom. The lowest BCUT2D eigenvalue weighted by molar-refractivity contribution is 0.140. The summed E-state index contributed by atoms with van der Waals surface area (Å²) in [5, 5.41) is 0.857. The minimum absolute atomic E-state index is 0.757. The number of nitrogens with zero attached hydrogens (tertiary/aromatic N) is 1. The normalized spacial score (nSPS) is 12.0. The highest BCUT2D eigenvalue weighted by Gasteiger charge is 2.40. The molecule has 0 unspecified atom stereocenters. The molecule has 94 valence electrons. The van der Waals surface area contributed by atoms with Crippen LogP contribution in [0.3, 0.4) is 0 Å². The van der Waals surface area contributed by atoms with Crippen molar-refractivity contribution < 1.29 is 18.0 Å². The van der Waals surface area contributed by atoms with Gasteiger partial charge in [0.25, 0.3) is 0 Å². The standard InChI is InChI=1S/C11H17NO4Si/c1-13-9-12-10-6-5-7-11(8-10)17(14-2,15-3)16-4/h5-9H,1-4H3. The number of ether oxygens (including phenoxy) is 1. The van der Waals surface area contributed by atoms with Crippen molar-refractivity contribution in [1.82, 2.24) is 0 Å². The number of hydrogen-bond acceptors (Lipinski definition) is 5. The Morgan fingerprint density at radius 3 is 2.24 bits per heavy atom. The molecule has 1 aromatic carbocycles. The number of aliphatic imine (C=N–C) groups is 1. The summed E-state index contributed by atoms with van der Waals surface area (Å²) < 4.78 is 21.0. The van der Waals surface area contributed by atoms with E-state index in [9.17, 15) is 0 Å². The van der Waals surface area contributed by atoms with Gasteiger partial charge in [-0.15, -0.1) is 0 Å². The molecule has 0 spiro atoms. The highest BCUT2D eigenvalue weighted by Crippen LogP contribution is 2.13. The van der Waals surface area contributed by atoms with E-state index in [-0.39, 0.29) is 0 Å². The summed E-state index contributed by atoms with van der Waals surface area (Å²) in [4.78, 5) is 4.11. The lowest BCUT2D eigenvalue weighted by Gasteiger charge is -2.24. The van der Waals surface area contributed by atoms with Gasteiger partial charge in [0, 0.05) is 26.5 Å². The summed E-state index contributed by atoms with van der Waals surface area (Å²) >= 11 is 0. The summed E-state index contributed by atoms with van der Waals surface area (Å²) in [6.07, 6.45) is 1.37. The molecule has 0 aliphatic carbocycles. The van der Waals surface area contributed by atoms with E-state index in [0.717, 1.165) is 10.9 Å². The van der Waals surface area contributed by atoms with Crippen LogP contribution in [0.15, 0.2) is 29.3 Å². The zero-order valence-corrected chi connectivity index (χ0v) is 11.5. The van der Waals surface area contributed by atoms with E-state index >= 15 is 0 Å². The fourth-order valence-electron chi connectivity index (χ4n) is 1.49. The van der Waals surface area contributed by atoms with E-state index in [1.54, 1.807) is 28.4 Å². The number of benzene rings is 1. The van der Waals surface area contributed by atoms with Crippen molar-refractivity contribution in [2.75, 3.05) is 28.4 Å². The predicted molar refractivity (Wildman–Crippen MR) is 68.0 cm³/mol. The molecule has 0 aliphatic rings. The third-order valence-electron chi connectivity index (χ3n) is 2.31. The number of hydrogen-bond donors (Lipinski definition) is 0. The first kappa shape index (κ1) is 13.9. The Hall–Kier alpha value is -1.21. The summed E-state index contributed by atoms with van der Waals surface area (Å²) in [6.45, 7) is 0. The fraction of sp³-hybridized carbons (Fsp3) is 0.364. The Balaban J connectivity index is 3.08. The van der Waals surface area contributed by atoms with Crippen molar-refractivity contribution in [3.8, 4) is 0 Å². The third kappa shape index (κ3) is 3.13. The fourth-order valence-corrected chi connectivity index (χ4v) is 3.33. The van der Waals surface area contributed by atoms with Gasteiger partial charge >= 0.3 is 8.80 Å². The maximum Gasteiger partial charge on any atom is 0.536 e. The molecule has 0 saturated carbocycles. The van der Waals surface area contributed by atoms with E-state index in [0.29, 0.717) is 0 Å². The van der Waals surface area contributed by atoms with Crippen LogP contribution in [-0.4, -0.2) is 43.6 Å². The van der Waals surface area contributed by atoms with E-state index in [1.165, 1.54) is 6.40 Å². The van der Waals surface area contributed by atoms with Crippen molar-refractivity contribution in [3.63, 3.8) is 0 Å². The molecule has 0 aliphatic heterocycles. The summed E-state index contributed by atoms with van der Waals surface area (Å²) in [6, 6.07) is 7.49. The molecule has 0 atom stereocenters. The Bertz CT molecular complexity index is 371. The van der Waals surface area contributed by atoms with E-state index in [4.69, 9.17) is 18.0 Å². The summed E-state index contributed by atoms with van der Waals surface area (Å²) in [5.41, 5.74) is 0.757. The second kappa shape index (κ2) is 6.50. The second-order valence-corrected chi connectivity index (χ2v) is 6.10. The molecule has 1 rings (SSSR count). The molecule has 0 amide bonds. The van der Waals surface area contributed by atoms with E-state index in [1.807, 2.05) is 24.3 Å².